The number of nitrogens with one attached hydrogen (secondary N) is 2. The lowest BCUT2D eigenvalue weighted by atomic mass is 10.1. The van der Waals surface area contributed by atoms with E-state index in [0.717, 1.165) is 33.9 Å². The molecule has 0 saturated heterocycles. The quantitative estimate of drug-likeness (QED) is 0.616. The monoisotopic (exact) mass is 330 g/mol. The predicted octanol–water partition coefficient (Wildman–Crippen LogP) is 4.48. The fourth-order valence-corrected chi connectivity index (χ4v) is 3.13. The standard InChI is InChI=1S/C13H16BrClN2O/c1-2-3-4-5-10(15)8-6-11-12(7-9(8)14)17-13(18)16-11/h6-7,10H,2-5H2,1H3,(H2,16,17,18). The number of aromatic amines is 2. The summed E-state index contributed by atoms with van der Waals surface area (Å²) in [5.41, 5.74) is 2.45. The first-order chi connectivity index (χ1) is 8.61. The van der Waals surface area contributed by atoms with Gasteiger partial charge in [0.05, 0.1) is 16.4 Å². The van der Waals surface area contributed by atoms with Crippen molar-refractivity contribution in [3.8, 4) is 0 Å². The van der Waals surface area contributed by atoms with E-state index in [1.165, 1.54) is 12.8 Å². The van der Waals surface area contributed by atoms with Crippen LogP contribution >= 0.6 is 27.5 Å². The summed E-state index contributed by atoms with van der Waals surface area (Å²) in [5.74, 6) is 0. The van der Waals surface area contributed by atoms with E-state index in [4.69, 9.17) is 11.6 Å². The summed E-state index contributed by atoms with van der Waals surface area (Å²) in [4.78, 5) is 16.7. The lowest BCUT2D eigenvalue weighted by molar-refractivity contribution is 0.654. The van der Waals surface area contributed by atoms with Crippen LogP contribution in [0.5, 0.6) is 0 Å². The maximum Gasteiger partial charge on any atom is 0.323 e. The molecule has 0 fully saturated rings. The summed E-state index contributed by atoms with van der Waals surface area (Å²) in [6, 6.07) is 3.85. The molecule has 0 spiro atoms. The largest absolute Gasteiger partial charge is 0.323 e. The Morgan fingerprint density at radius 3 is 2.61 bits per heavy atom. The Morgan fingerprint density at radius 2 is 1.94 bits per heavy atom. The van der Waals surface area contributed by atoms with Gasteiger partial charge in [0.15, 0.2) is 0 Å². The number of H-pyrrole nitrogens is 2. The Kier molecular flexibility index (Phi) is 4.51. The van der Waals surface area contributed by atoms with E-state index in [2.05, 4.69) is 32.8 Å². The van der Waals surface area contributed by atoms with Gasteiger partial charge in [-0.2, -0.15) is 0 Å². The first kappa shape index (κ1) is 13.7. The van der Waals surface area contributed by atoms with Crippen molar-refractivity contribution in [2.75, 3.05) is 0 Å². The average Bonchev–Trinajstić information content (AvgIpc) is 2.67. The third-order valence-corrected chi connectivity index (χ3v) is 4.17. The Bertz CT molecular complexity index is 590. The Morgan fingerprint density at radius 1 is 1.28 bits per heavy atom. The van der Waals surface area contributed by atoms with E-state index in [0.29, 0.717) is 0 Å². The zero-order chi connectivity index (χ0) is 13.1. The zero-order valence-corrected chi connectivity index (χ0v) is 12.6. The highest BCUT2D eigenvalue weighted by molar-refractivity contribution is 9.10. The molecule has 1 aromatic heterocycles. The van der Waals surface area contributed by atoms with Crippen molar-refractivity contribution in [1.29, 1.82) is 0 Å². The molecule has 1 atom stereocenters. The second-order valence-corrected chi connectivity index (χ2v) is 5.84. The summed E-state index contributed by atoms with van der Waals surface area (Å²) < 4.78 is 0.946. The van der Waals surface area contributed by atoms with Crippen molar-refractivity contribution < 1.29 is 0 Å². The molecule has 2 N–H and O–H groups in total. The smallest absolute Gasteiger partial charge is 0.306 e. The molecule has 1 unspecified atom stereocenters. The third kappa shape index (κ3) is 2.98. The molecule has 18 heavy (non-hydrogen) atoms. The van der Waals surface area contributed by atoms with Crippen LogP contribution in [0.2, 0.25) is 0 Å². The molecule has 0 aliphatic carbocycles. The Hall–Kier alpha value is -0.740. The van der Waals surface area contributed by atoms with Crippen LogP contribution in [-0.4, -0.2) is 9.97 Å². The van der Waals surface area contributed by atoms with E-state index in [-0.39, 0.29) is 11.1 Å². The highest BCUT2D eigenvalue weighted by Crippen LogP contribution is 2.34. The molecule has 1 aromatic carbocycles. The second-order valence-electron chi connectivity index (χ2n) is 4.46. The normalized spacial score (nSPS) is 13.1. The van der Waals surface area contributed by atoms with E-state index in [1.54, 1.807) is 0 Å². The van der Waals surface area contributed by atoms with Gasteiger partial charge >= 0.3 is 5.69 Å². The van der Waals surface area contributed by atoms with Gasteiger partial charge in [-0.25, -0.2) is 4.79 Å². The topological polar surface area (TPSA) is 48.6 Å². The first-order valence-electron chi connectivity index (χ1n) is 6.17. The van der Waals surface area contributed by atoms with Gasteiger partial charge in [-0.15, -0.1) is 11.6 Å². The average molecular weight is 332 g/mol. The zero-order valence-electron chi connectivity index (χ0n) is 10.2. The number of hydrogen-bond donors (Lipinski definition) is 2. The van der Waals surface area contributed by atoms with E-state index in [9.17, 15) is 4.79 Å². The fraction of sp³-hybridized carbons (Fsp3) is 0.462. The molecular formula is C13H16BrClN2O. The maximum atomic E-state index is 11.2. The molecular weight excluding hydrogens is 316 g/mol. The van der Waals surface area contributed by atoms with E-state index < -0.39 is 0 Å². The van der Waals surface area contributed by atoms with Crippen molar-refractivity contribution in [2.24, 2.45) is 0 Å². The molecule has 0 aliphatic heterocycles. The molecule has 3 nitrogen and oxygen atoms in total. The van der Waals surface area contributed by atoms with Crippen LogP contribution in [0.4, 0.5) is 0 Å². The number of imidazole rings is 1. The first-order valence-corrected chi connectivity index (χ1v) is 7.40. The van der Waals surface area contributed by atoms with Gasteiger partial charge in [0.25, 0.3) is 0 Å². The van der Waals surface area contributed by atoms with Gasteiger partial charge in [0, 0.05) is 4.47 Å². The van der Waals surface area contributed by atoms with Crippen LogP contribution in [0.3, 0.4) is 0 Å². The minimum atomic E-state index is -0.189. The predicted molar refractivity (Wildman–Crippen MR) is 79.4 cm³/mol. The number of fused-ring (bicyclic) bond motifs is 1. The fourth-order valence-electron chi connectivity index (χ4n) is 2.04. The molecule has 98 valence electrons. The highest BCUT2D eigenvalue weighted by atomic mass is 79.9. The van der Waals surface area contributed by atoms with Crippen LogP contribution in [-0.2, 0) is 0 Å². The summed E-state index contributed by atoms with van der Waals surface area (Å²) in [6.45, 7) is 2.18. The van der Waals surface area contributed by atoms with E-state index >= 15 is 0 Å². The third-order valence-electron chi connectivity index (χ3n) is 3.03. The molecule has 0 aliphatic rings. The van der Waals surface area contributed by atoms with Gasteiger partial charge in [-0.1, -0.05) is 42.1 Å². The van der Waals surface area contributed by atoms with Crippen molar-refractivity contribution in [1.82, 2.24) is 9.97 Å². The minimum Gasteiger partial charge on any atom is -0.306 e. The molecule has 0 bridgehead atoms. The molecule has 5 heteroatoms. The summed E-state index contributed by atoms with van der Waals surface area (Å²) >= 11 is 9.94. The highest BCUT2D eigenvalue weighted by Gasteiger charge is 2.13. The lowest BCUT2D eigenvalue weighted by Crippen LogP contribution is -1.99. The number of rotatable bonds is 5. The number of hydrogen-bond acceptors (Lipinski definition) is 1. The van der Waals surface area contributed by atoms with E-state index in [1.807, 2.05) is 12.1 Å². The van der Waals surface area contributed by atoms with Crippen molar-refractivity contribution in [2.45, 2.75) is 38.0 Å². The lowest BCUT2D eigenvalue weighted by Gasteiger charge is -2.11. The van der Waals surface area contributed by atoms with Crippen molar-refractivity contribution >= 4 is 38.6 Å². The van der Waals surface area contributed by atoms with Gasteiger partial charge in [-0.3, -0.25) is 0 Å². The van der Waals surface area contributed by atoms with Crippen molar-refractivity contribution in [3.63, 3.8) is 0 Å². The number of halogens is 2. The molecule has 1 heterocycles. The molecule has 0 amide bonds. The number of benzene rings is 1. The molecule has 2 rings (SSSR count). The van der Waals surface area contributed by atoms with Gasteiger partial charge in [0.1, 0.15) is 0 Å². The van der Waals surface area contributed by atoms with Crippen LogP contribution in [0.15, 0.2) is 21.4 Å². The summed E-state index contributed by atoms with van der Waals surface area (Å²) in [5, 5.41) is -0.0197. The minimum absolute atomic E-state index is 0.0197. The Labute approximate surface area is 119 Å². The SMILES string of the molecule is CCCCCC(Cl)c1cc2[nH]c(=O)[nH]c2cc1Br. The molecule has 0 saturated carbocycles. The van der Waals surface area contributed by atoms with Crippen LogP contribution in [0, 0.1) is 0 Å². The number of alkyl halides is 1. The van der Waals surface area contributed by atoms with Crippen LogP contribution in [0.25, 0.3) is 11.0 Å². The summed E-state index contributed by atoms with van der Waals surface area (Å²) in [7, 11) is 0. The number of aromatic nitrogens is 2. The summed E-state index contributed by atoms with van der Waals surface area (Å²) in [6.07, 6.45) is 4.46. The molecule has 2 aromatic rings. The second kappa shape index (κ2) is 5.93. The molecule has 0 radical (unpaired) electrons. The Balaban J connectivity index is 2.26. The van der Waals surface area contributed by atoms with Gasteiger partial charge < -0.3 is 9.97 Å². The van der Waals surface area contributed by atoms with Crippen molar-refractivity contribution in [3.05, 3.63) is 32.7 Å². The maximum absolute atomic E-state index is 11.2. The van der Waals surface area contributed by atoms with Gasteiger partial charge in [-0.05, 0) is 24.1 Å². The van der Waals surface area contributed by atoms with Crippen LogP contribution in [0.1, 0.15) is 43.5 Å². The number of unbranched alkanes of at least 4 members (excludes halogenated alkanes) is 2. The van der Waals surface area contributed by atoms with Gasteiger partial charge in [0.2, 0.25) is 0 Å². The van der Waals surface area contributed by atoms with Crippen LogP contribution < -0.4 is 5.69 Å².